The highest BCUT2D eigenvalue weighted by Crippen LogP contribution is 2.29. The van der Waals surface area contributed by atoms with Crippen molar-refractivity contribution in [2.45, 2.75) is 4.90 Å². The third-order valence-electron chi connectivity index (χ3n) is 3.15. The van der Waals surface area contributed by atoms with E-state index in [9.17, 15) is 8.42 Å². The Kier molecular flexibility index (Phi) is 3.26. The van der Waals surface area contributed by atoms with Crippen LogP contribution >= 0.6 is 15.9 Å². The number of nitrogen functional groups attached to an aromatic ring is 1. The maximum atomic E-state index is 11.6. The summed E-state index contributed by atoms with van der Waals surface area (Å²) in [6.07, 6.45) is 1.18. The van der Waals surface area contributed by atoms with Gasteiger partial charge in [-0.15, -0.1) is 0 Å². The molecule has 3 N–H and O–H groups in total. The molecule has 0 saturated heterocycles. The van der Waals surface area contributed by atoms with Gasteiger partial charge >= 0.3 is 0 Å². The predicted molar refractivity (Wildman–Crippen MR) is 86.8 cm³/mol. The van der Waals surface area contributed by atoms with Crippen molar-refractivity contribution < 1.29 is 8.42 Å². The van der Waals surface area contributed by atoms with E-state index in [4.69, 9.17) is 5.73 Å². The van der Waals surface area contributed by atoms with E-state index >= 15 is 0 Å². The van der Waals surface area contributed by atoms with E-state index in [1.54, 1.807) is 24.3 Å². The van der Waals surface area contributed by atoms with E-state index in [-0.39, 0.29) is 4.90 Å². The molecule has 0 atom stereocenters. The number of nitrogens with two attached hydrogens (primary N) is 1. The van der Waals surface area contributed by atoms with E-state index < -0.39 is 9.84 Å². The van der Waals surface area contributed by atoms with Gasteiger partial charge in [-0.1, -0.05) is 15.9 Å². The van der Waals surface area contributed by atoms with Crippen LogP contribution in [0.5, 0.6) is 0 Å². The number of hydrogen-bond donors (Lipinski definition) is 2. The zero-order valence-corrected chi connectivity index (χ0v) is 13.5. The molecule has 0 aliphatic heterocycles. The maximum Gasteiger partial charge on any atom is 0.175 e. The number of anilines is 1. The van der Waals surface area contributed by atoms with Gasteiger partial charge in [0.1, 0.15) is 5.82 Å². The molecule has 3 rings (SSSR count). The van der Waals surface area contributed by atoms with Crippen LogP contribution < -0.4 is 5.73 Å². The fraction of sp³-hybridized carbons (Fsp3) is 0.0714. The number of benzene rings is 2. The van der Waals surface area contributed by atoms with Gasteiger partial charge < -0.3 is 10.7 Å². The van der Waals surface area contributed by atoms with Crippen LogP contribution in [0.4, 0.5) is 5.69 Å². The Hall–Kier alpha value is -1.86. The van der Waals surface area contributed by atoms with Gasteiger partial charge in [0.2, 0.25) is 0 Å². The summed E-state index contributed by atoms with van der Waals surface area (Å²) in [5, 5.41) is 0. The number of aromatic nitrogens is 2. The minimum atomic E-state index is -3.24. The standard InChI is InChI=1S/C14H12BrN3O2S/c1-21(19,20)9-3-5-12-13(7-9)18-14(17-12)10-6-8(15)2-4-11(10)16/h2-7H,16H2,1H3,(H,17,18). The van der Waals surface area contributed by atoms with Crippen molar-refractivity contribution >= 4 is 42.5 Å². The van der Waals surface area contributed by atoms with Crippen molar-refractivity contribution in [1.82, 2.24) is 9.97 Å². The fourth-order valence-corrected chi connectivity index (χ4v) is 3.09. The third-order valence-corrected chi connectivity index (χ3v) is 4.76. The Bertz CT molecular complexity index is 948. The summed E-state index contributed by atoms with van der Waals surface area (Å²) in [5.74, 6) is 0.606. The molecule has 0 bridgehead atoms. The summed E-state index contributed by atoms with van der Waals surface area (Å²) in [6, 6.07) is 10.3. The van der Waals surface area contributed by atoms with Crippen LogP contribution in [0.15, 0.2) is 45.8 Å². The van der Waals surface area contributed by atoms with Crippen LogP contribution in [-0.2, 0) is 9.84 Å². The highest BCUT2D eigenvalue weighted by atomic mass is 79.9. The zero-order valence-electron chi connectivity index (χ0n) is 11.1. The highest BCUT2D eigenvalue weighted by molar-refractivity contribution is 9.10. The molecule has 108 valence electrons. The Labute approximate surface area is 130 Å². The summed E-state index contributed by atoms with van der Waals surface area (Å²) >= 11 is 3.40. The number of halogens is 1. The normalized spacial score (nSPS) is 11.9. The van der Waals surface area contributed by atoms with Gasteiger partial charge in [-0.2, -0.15) is 0 Å². The highest BCUT2D eigenvalue weighted by Gasteiger charge is 2.12. The number of sulfone groups is 1. The van der Waals surface area contributed by atoms with Gasteiger partial charge in [0.25, 0.3) is 0 Å². The van der Waals surface area contributed by atoms with Crippen molar-refractivity contribution in [3.05, 3.63) is 40.9 Å². The number of rotatable bonds is 2. The first-order valence-corrected chi connectivity index (χ1v) is 8.78. The Morgan fingerprint density at radius 2 is 1.95 bits per heavy atom. The molecule has 0 aliphatic carbocycles. The van der Waals surface area contributed by atoms with Crippen molar-refractivity contribution in [3.63, 3.8) is 0 Å². The summed E-state index contributed by atoms with van der Waals surface area (Å²) in [6.45, 7) is 0. The molecule has 0 spiro atoms. The third kappa shape index (κ3) is 2.66. The van der Waals surface area contributed by atoms with Crippen LogP contribution in [0.25, 0.3) is 22.4 Å². The Morgan fingerprint density at radius 1 is 1.19 bits per heavy atom. The first-order chi connectivity index (χ1) is 9.84. The molecule has 21 heavy (non-hydrogen) atoms. The van der Waals surface area contributed by atoms with Crippen LogP contribution in [-0.4, -0.2) is 24.6 Å². The lowest BCUT2D eigenvalue weighted by atomic mass is 10.2. The first-order valence-electron chi connectivity index (χ1n) is 6.10. The fourth-order valence-electron chi connectivity index (χ4n) is 2.08. The number of H-pyrrole nitrogens is 1. The smallest absolute Gasteiger partial charge is 0.175 e. The Balaban J connectivity index is 2.20. The van der Waals surface area contributed by atoms with Gasteiger partial charge in [-0.3, -0.25) is 0 Å². The summed E-state index contributed by atoms with van der Waals surface area (Å²) in [4.78, 5) is 7.83. The van der Waals surface area contributed by atoms with Gasteiger partial charge in [0, 0.05) is 22.0 Å². The molecule has 0 unspecified atom stereocenters. The van der Waals surface area contributed by atoms with E-state index in [0.717, 1.165) is 10.0 Å². The number of nitrogens with zero attached hydrogens (tertiary/aromatic N) is 1. The molecule has 1 heterocycles. The predicted octanol–water partition coefficient (Wildman–Crippen LogP) is 2.98. The monoisotopic (exact) mass is 365 g/mol. The molecule has 5 nitrogen and oxygen atoms in total. The average Bonchev–Trinajstić information content (AvgIpc) is 2.83. The zero-order chi connectivity index (χ0) is 15.2. The number of fused-ring (bicyclic) bond motifs is 1. The molecular weight excluding hydrogens is 354 g/mol. The van der Waals surface area contributed by atoms with Gasteiger partial charge in [0.15, 0.2) is 9.84 Å². The minimum Gasteiger partial charge on any atom is -0.398 e. The lowest BCUT2D eigenvalue weighted by Crippen LogP contribution is -1.96. The summed E-state index contributed by atoms with van der Waals surface area (Å²) in [7, 11) is -3.24. The van der Waals surface area contributed by atoms with Crippen molar-refractivity contribution in [3.8, 4) is 11.4 Å². The van der Waals surface area contributed by atoms with Crippen molar-refractivity contribution in [2.75, 3.05) is 12.0 Å². The van der Waals surface area contributed by atoms with Crippen LogP contribution in [0.1, 0.15) is 0 Å². The molecule has 0 fully saturated rings. The van der Waals surface area contributed by atoms with E-state index in [2.05, 4.69) is 25.9 Å². The van der Waals surface area contributed by atoms with Gasteiger partial charge in [-0.05, 0) is 36.4 Å². The molecule has 3 aromatic rings. The van der Waals surface area contributed by atoms with E-state index in [0.29, 0.717) is 22.5 Å². The molecule has 0 amide bonds. The van der Waals surface area contributed by atoms with Crippen molar-refractivity contribution in [1.29, 1.82) is 0 Å². The second kappa shape index (κ2) is 4.85. The molecule has 2 aromatic carbocycles. The molecule has 1 aromatic heterocycles. The Morgan fingerprint density at radius 3 is 2.67 bits per heavy atom. The van der Waals surface area contributed by atoms with E-state index in [1.165, 1.54) is 6.26 Å². The van der Waals surface area contributed by atoms with Crippen LogP contribution in [0.3, 0.4) is 0 Å². The van der Waals surface area contributed by atoms with Crippen molar-refractivity contribution in [2.24, 2.45) is 0 Å². The molecular formula is C14H12BrN3O2S. The second-order valence-electron chi connectivity index (χ2n) is 4.77. The number of imidazole rings is 1. The maximum absolute atomic E-state index is 11.6. The van der Waals surface area contributed by atoms with Crippen LogP contribution in [0.2, 0.25) is 0 Å². The van der Waals surface area contributed by atoms with Gasteiger partial charge in [-0.25, -0.2) is 13.4 Å². The lowest BCUT2D eigenvalue weighted by Gasteiger charge is -2.02. The first kappa shape index (κ1) is 14.1. The number of nitrogens with one attached hydrogen (secondary N) is 1. The topological polar surface area (TPSA) is 88.8 Å². The van der Waals surface area contributed by atoms with E-state index in [1.807, 2.05) is 12.1 Å². The minimum absolute atomic E-state index is 0.257. The molecule has 7 heteroatoms. The largest absolute Gasteiger partial charge is 0.398 e. The SMILES string of the molecule is CS(=O)(=O)c1ccc2nc(-c3cc(Br)ccc3N)[nH]c2c1. The number of aromatic amines is 1. The summed E-state index contributed by atoms with van der Waals surface area (Å²) < 4.78 is 24.1. The number of hydrogen-bond acceptors (Lipinski definition) is 4. The molecule has 0 aliphatic rings. The second-order valence-corrected chi connectivity index (χ2v) is 7.70. The van der Waals surface area contributed by atoms with Crippen LogP contribution in [0, 0.1) is 0 Å². The molecule has 0 saturated carbocycles. The molecule has 0 radical (unpaired) electrons. The lowest BCUT2D eigenvalue weighted by molar-refractivity contribution is 0.602. The van der Waals surface area contributed by atoms with Gasteiger partial charge in [0.05, 0.1) is 15.9 Å². The summed E-state index contributed by atoms with van der Waals surface area (Å²) in [5.41, 5.74) is 8.68. The average molecular weight is 366 g/mol. The quantitative estimate of drug-likeness (QED) is 0.683.